The Balaban J connectivity index is 2.03. The van der Waals surface area contributed by atoms with Crippen LogP contribution in [0.25, 0.3) is 0 Å². The molecule has 0 radical (unpaired) electrons. The minimum atomic E-state index is 0.267. The number of aryl methyl sites for hydroxylation is 1. The largest absolute Gasteiger partial charge is 0.404 e. The van der Waals surface area contributed by atoms with Crippen LogP contribution in [0.2, 0.25) is 5.02 Å². The van der Waals surface area contributed by atoms with Crippen molar-refractivity contribution in [1.29, 1.82) is 0 Å². The molecule has 108 valence electrons. The summed E-state index contributed by atoms with van der Waals surface area (Å²) in [5.41, 5.74) is 0.938. The average molecular weight is 296 g/mol. The first-order chi connectivity index (χ1) is 9.54. The summed E-state index contributed by atoms with van der Waals surface area (Å²) in [6, 6.07) is 2.06. The van der Waals surface area contributed by atoms with Gasteiger partial charge in [0.1, 0.15) is 6.33 Å². The molecule has 2 aromatic rings. The highest BCUT2D eigenvalue weighted by atomic mass is 35.5. The first-order valence-electron chi connectivity index (χ1n) is 6.43. The van der Waals surface area contributed by atoms with E-state index < -0.39 is 0 Å². The van der Waals surface area contributed by atoms with Crippen molar-refractivity contribution < 1.29 is 4.74 Å². The number of nitrogens with one attached hydrogen (secondary N) is 1. The highest BCUT2D eigenvalue weighted by Gasteiger charge is 2.08. The number of halogens is 1. The Morgan fingerprint density at radius 3 is 2.85 bits per heavy atom. The van der Waals surface area contributed by atoms with Gasteiger partial charge in [-0.25, -0.2) is 4.98 Å². The number of hydrogen-bond donors (Lipinski definition) is 1. The molecule has 0 fully saturated rings. The summed E-state index contributed by atoms with van der Waals surface area (Å²) >= 11 is 6.13. The van der Waals surface area contributed by atoms with Crippen LogP contribution in [0.1, 0.15) is 19.4 Å². The fourth-order valence-electron chi connectivity index (χ4n) is 1.61. The number of hydrogen-bond acceptors (Lipinski definition) is 5. The van der Waals surface area contributed by atoms with Gasteiger partial charge in [0.05, 0.1) is 5.02 Å². The first kappa shape index (κ1) is 14.7. The topological polar surface area (TPSA) is 64.9 Å². The molecule has 2 aromatic heterocycles. The predicted octanol–water partition coefficient (Wildman–Crippen LogP) is 2.40. The molecule has 0 amide bonds. The first-order valence-corrected chi connectivity index (χ1v) is 6.81. The SMILES string of the molecule is CC(C)CNCc1cc(Oc2ncn(C)n2)ncc1Cl. The molecule has 0 saturated heterocycles. The number of ether oxygens (including phenoxy) is 1. The van der Waals surface area contributed by atoms with Crippen molar-refractivity contribution in [3.63, 3.8) is 0 Å². The van der Waals surface area contributed by atoms with Gasteiger partial charge in [-0.1, -0.05) is 25.4 Å². The summed E-state index contributed by atoms with van der Waals surface area (Å²) in [6.45, 7) is 5.91. The maximum Gasteiger partial charge on any atom is 0.342 e. The minimum Gasteiger partial charge on any atom is -0.404 e. The number of pyridine rings is 1. The molecule has 6 nitrogen and oxygen atoms in total. The van der Waals surface area contributed by atoms with E-state index in [9.17, 15) is 0 Å². The molecular weight excluding hydrogens is 278 g/mol. The van der Waals surface area contributed by atoms with Crippen LogP contribution in [-0.2, 0) is 13.6 Å². The van der Waals surface area contributed by atoms with Crippen LogP contribution >= 0.6 is 11.6 Å². The lowest BCUT2D eigenvalue weighted by molar-refractivity contribution is 0.421. The van der Waals surface area contributed by atoms with Gasteiger partial charge in [0.25, 0.3) is 0 Å². The average Bonchev–Trinajstić information content (AvgIpc) is 2.78. The summed E-state index contributed by atoms with van der Waals surface area (Å²) in [7, 11) is 1.77. The van der Waals surface area contributed by atoms with Gasteiger partial charge in [0.15, 0.2) is 0 Å². The lowest BCUT2D eigenvalue weighted by atomic mass is 10.2. The van der Waals surface area contributed by atoms with Gasteiger partial charge in [-0.15, -0.1) is 5.10 Å². The van der Waals surface area contributed by atoms with Crippen LogP contribution in [0, 0.1) is 5.92 Å². The van der Waals surface area contributed by atoms with E-state index in [4.69, 9.17) is 16.3 Å². The zero-order valence-corrected chi connectivity index (χ0v) is 12.6. The Labute approximate surface area is 123 Å². The minimum absolute atomic E-state index is 0.267. The van der Waals surface area contributed by atoms with Gasteiger partial charge in [0, 0.05) is 25.9 Å². The van der Waals surface area contributed by atoms with Gasteiger partial charge in [-0.2, -0.15) is 4.98 Å². The summed E-state index contributed by atoms with van der Waals surface area (Å²) in [5, 5.41) is 7.99. The quantitative estimate of drug-likeness (QED) is 0.886. The number of nitrogens with zero attached hydrogens (tertiary/aromatic N) is 4. The van der Waals surface area contributed by atoms with Crippen molar-refractivity contribution in [3.05, 3.63) is 29.2 Å². The van der Waals surface area contributed by atoms with Crippen molar-refractivity contribution in [1.82, 2.24) is 25.1 Å². The van der Waals surface area contributed by atoms with E-state index in [2.05, 4.69) is 34.2 Å². The van der Waals surface area contributed by atoms with Crippen LogP contribution < -0.4 is 10.1 Å². The normalized spacial score (nSPS) is 11.1. The molecule has 0 spiro atoms. The second kappa shape index (κ2) is 6.67. The molecule has 2 heterocycles. The van der Waals surface area contributed by atoms with Crippen LogP contribution in [-0.4, -0.2) is 26.3 Å². The Bertz CT molecular complexity index is 570. The van der Waals surface area contributed by atoms with E-state index in [1.165, 1.54) is 0 Å². The lowest BCUT2D eigenvalue weighted by Crippen LogP contribution is -2.19. The molecule has 20 heavy (non-hydrogen) atoms. The highest BCUT2D eigenvalue weighted by Crippen LogP contribution is 2.21. The maximum absolute atomic E-state index is 6.13. The maximum atomic E-state index is 6.13. The lowest BCUT2D eigenvalue weighted by Gasteiger charge is -2.09. The standard InChI is InChI=1S/C13H18ClN5O/c1-9(2)5-15-6-10-4-12(16-7-11(10)14)20-13-17-8-19(3)18-13/h4,7-9,15H,5-6H2,1-3H3. The van der Waals surface area contributed by atoms with Crippen molar-refractivity contribution in [2.75, 3.05) is 6.54 Å². The fraction of sp³-hybridized carbons (Fsp3) is 0.462. The molecule has 0 atom stereocenters. The second-order valence-corrected chi connectivity index (χ2v) is 5.35. The Morgan fingerprint density at radius 1 is 1.40 bits per heavy atom. The van der Waals surface area contributed by atoms with Crippen molar-refractivity contribution in [3.8, 4) is 11.9 Å². The van der Waals surface area contributed by atoms with Crippen molar-refractivity contribution in [2.45, 2.75) is 20.4 Å². The van der Waals surface area contributed by atoms with E-state index in [-0.39, 0.29) is 6.01 Å². The molecule has 0 aromatic carbocycles. The van der Waals surface area contributed by atoms with Gasteiger partial charge >= 0.3 is 6.01 Å². The van der Waals surface area contributed by atoms with E-state index in [0.29, 0.717) is 23.4 Å². The van der Waals surface area contributed by atoms with E-state index in [1.807, 2.05) is 0 Å². The molecule has 0 saturated carbocycles. The van der Waals surface area contributed by atoms with Crippen LogP contribution in [0.3, 0.4) is 0 Å². The third-order valence-corrected chi connectivity index (χ3v) is 2.89. The zero-order chi connectivity index (χ0) is 14.5. The smallest absolute Gasteiger partial charge is 0.342 e. The Kier molecular flexibility index (Phi) is 4.92. The van der Waals surface area contributed by atoms with E-state index in [0.717, 1.165) is 12.1 Å². The molecule has 2 rings (SSSR count). The zero-order valence-electron chi connectivity index (χ0n) is 11.8. The van der Waals surface area contributed by atoms with Gasteiger partial charge in [0.2, 0.25) is 5.88 Å². The summed E-state index contributed by atoms with van der Waals surface area (Å²) in [4.78, 5) is 8.10. The number of aromatic nitrogens is 4. The molecule has 0 aliphatic rings. The molecule has 0 aliphatic carbocycles. The molecule has 7 heteroatoms. The van der Waals surface area contributed by atoms with Gasteiger partial charge in [-0.3, -0.25) is 4.68 Å². The van der Waals surface area contributed by atoms with E-state index >= 15 is 0 Å². The Morgan fingerprint density at radius 2 is 2.20 bits per heavy atom. The molecular formula is C13H18ClN5O. The molecule has 0 aliphatic heterocycles. The van der Waals surface area contributed by atoms with Crippen LogP contribution in [0.4, 0.5) is 0 Å². The van der Waals surface area contributed by atoms with Gasteiger partial charge in [-0.05, 0) is 18.0 Å². The summed E-state index contributed by atoms with van der Waals surface area (Å²) < 4.78 is 7.05. The molecule has 0 bridgehead atoms. The number of rotatable bonds is 6. The second-order valence-electron chi connectivity index (χ2n) is 4.94. The fourth-order valence-corrected chi connectivity index (χ4v) is 1.78. The molecule has 1 N–H and O–H groups in total. The third-order valence-electron chi connectivity index (χ3n) is 2.55. The Hall–Kier alpha value is -1.66. The molecule has 0 unspecified atom stereocenters. The van der Waals surface area contributed by atoms with Crippen LogP contribution in [0.5, 0.6) is 11.9 Å². The predicted molar refractivity (Wildman–Crippen MR) is 76.9 cm³/mol. The highest BCUT2D eigenvalue weighted by molar-refractivity contribution is 6.31. The monoisotopic (exact) mass is 295 g/mol. The van der Waals surface area contributed by atoms with Crippen LogP contribution in [0.15, 0.2) is 18.6 Å². The van der Waals surface area contributed by atoms with E-state index in [1.54, 1.807) is 30.3 Å². The summed E-state index contributed by atoms with van der Waals surface area (Å²) in [6.07, 6.45) is 3.14. The third kappa shape index (κ3) is 4.18. The summed E-state index contributed by atoms with van der Waals surface area (Å²) in [5.74, 6) is 1.02. The van der Waals surface area contributed by atoms with Crippen molar-refractivity contribution in [2.24, 2.45) is 13.0 Å². The van der Waals surface area contributed by atoms with Crippen molar-refractivity contribution >= 4 is 11.6 Å². The van der Waals surface area contributed by atoms with Gasteiger partial charge < -0.3 is 10.1 Å².